The summed E-state index contributed by atoms with van der Waals surface area (Å²) >= 11 is 10.2. The topological polar surface area (TPSA) is 29.9 Å². The second-order valence-electron chi connectivity index (χ2n) is 3.41. The van der Waals surface area contributed by atoms with E-state index >= 15 is 0 Å². The van der Waals surface area contributed by atoms with Gasteiger partial charge in [0, 0.05) is 7.05 Å². The molecule has 0 fully saturated rings. The summed E-state index contributed by atoms with van der Waals surface area (Å²) in [5.74, 6) is 0. The summed E-state index contributed by atoms with van der Waals surface area (Å²) < 4.78 is 3.08. The molecule has 1 N–H and O–H groups in total. The fourth-order valence-electron chi connectivity index (χ4n) is 1.68. The highest BCUT2D eigenvalue weighted by Crippen LogP contribution is 2.30. The molecule has 0 radical (unpaired) electrons. The monoisotopic (exact) mass is 367 g/mol. The molecule has 2 heterocycles. The molecule has 3 nitrogen and oxygen atoms in total. The van der Waals surface area contributed by atoms with Crippen molar-refractivity contribution in [3.05, 3.63) is 36.8 Å². The molecule has 0 saturated carbocycles. The Hall–Kier alpha value is -0.110. The van der Waals surface area contributed by atoms with E-state index in [1.165, 1.54) is 8.45 Å². The molecule has 0 amide bonds. The lowest BCUT2D eigenvalue weighted by atomic mass is 10.1. The number of hydrogen-bond donors (Lipinski definition) is 1. The molecule has 2 aromatic heterocycles. The first-order chi connectivity index (χ1) is 7.63. The van der Waals surface area contributed by atoms with Crippen molar-refractivity contribution in [1.82, 2.24) is 15.1 Å². The van der Waals surface area contributed by atoms with Crippen LogP contribution in [0.3, 0.4) is 0 Å². The number of hydrogen-bond acceptors (Lipinski definition) is 3. The molecule has 2 aromatic rings. The van der Waals surface area contributed by atoms with E-state index in [4.69, 9.17) is 11.6 Å². The second kappa shape index (κ2) is 5.03. The Morgan fingerprint density at radius 1 is 1.62 bits per heavy atom. The minimum Gasteiger partial charge on any atom is -0.308 e. The van der Waals surface area contributed by atoms with E-state index in [1.54, 1.807) is 17.5 Å². The van der Waals surface area contributed by atoms with Gasteiger partial charge >= 0.3 is 0 Å². The van der Waals surface area contributed by atoms with Crippen molar-refractivity contribution in [3.8, 4) is 0 Å². The minimum absolute atomic E-state index is 0.0970. The van der Waals surface area contributed by atoms with Crippen LogP contribution in [0.4, 0.5) is 0 Å². The van der Waals surface area contributed by atoms with Crippen LogP contribution in [0, 0.1) is 2.88 Å². The first-order valence-electron chi connectivity index (χ1n) is 4.72. The smallest absolute Gasteiger partial charge is 0.0837 e. The van der Waals surface area contributed by atoms with Crippen molar-refractivity contribution < 1.29 is 0 Å². The highest BCUT2D eigenvalue weighted by Gasteiger charge is 2.20. The largest absolute Gasteiger partial charge is 0.308 e. The number of halogens is 2. The van der Waals surface area contributed by atoms with Crippen LogP contribution in [0.15, 0.2) is 17.6 Å². The molecule has 0 aliphatic rings. The first kappa shape index (κ1) is 12.3. The summed E-state index contributed by atoms with van der Waals surface area (Å²) in [6.45, 7) is 0. The number of aryl methyl sites for hydroxylation is 1. The lowest BCUT2D eigenvalue weighted by Crippen LogP contribution is -2.20. The molecule has 6 heteroatoms. The predicted octanol–water partition coefficient (Wildman–Crippen LogP) is 3.05. The summed E-state index contributed by atoms with van der Waals surface area (Å²) in [6.07, 6.45) is 1.68. The van der Waals surface area contributed by atoms with Gasteiger partial charge in [0.25, 0.3) is 0 Å². The Balaban J connectivity index is 2.44. The number of nitrogens with one attached hydrogen (secondary N) is 1. The highest BCUT2D eigenvalue weighted by molar-refractivity contribution is 14.1. The normalized spacial score (nSPS) is 13.0. The van der Waals surface area contributed by atoms with Gasteiger partial charge in [0.05, 0.1) is 25.8 Å². The Morgan fingerprint density at radius 2 is 2.38 bits per heavy atom. The molecule has 1 atom stereocenters. The first-order valence-corrected chi connectivity index (χ1v) is 7.05. The molecule has 0 spiro atoms. The zero-order valence-corrected chi connectivity index (χ0v) is 12.6. The maximum Gasteiger partial charge on any atom is 0.0837 e. The molecule has 0 bridgehead atoms. The maximum absolute atomic E-state index is 6.15. The minimum atomic E-state index is 0.0970. The zero-order valence-electron chi connectivity index (χ0n) is 8.87. The number of nitrogens with zero attached hydrogens (tertiary/aromatic N) is 2. The lowest BCUT2D eigenvalue weighted by Gasteiger charge is -2.15. The Kier molecular flexibility index (Phi) is 3.89. The summed E-state index contributed by atoms with van der Waals surface area (Å²) in [5, 5.41) is 10.3. The van der Waals surface area contributed by atoms with Gasteiger partial charge in [-0.1, -0.05) is 11.6 Å². The molecule has 0 saturated heterocycles. The average molecular weight is 368 g/mol. The van der Waals surface area contributed by atoms with Crippen LogP contribution in [0.1, 0.15) is 17.3 Å². The zero-order chi connectivity index (χ0) is 11.7. The third-order valence-corrected chi connectivity index (χ3v) is 4.52. The van der Waals surface area contributed by atoms with Crippen LogP contribution in [0.5, 0.6) is 0 Å². The second-order valence-corrected chi connectivity index (χ2v) is 6.62. The van der Waals surface area contributed by atoms with Crippen LogP contribution in [-0.4, -0.2) is 16.8 Å². The Bertz CT molecular complexity index is 474. The van der Waals surface area contributed by atoms with E-state index in [0.717, 1.165) is 5.69 Å². The number of thiophene rings is 1. The molecule has 16 heavy (non-hydrogen) atoms. The van der Waals surface area contributed by atoms with Crippen LogP contribution in [0.25, 0.3) is 0 Å². The third kappa shape index (κ3) is 2.27. The fraction of sp³-hybridized carbons (Fsp3) is 0.300. The van der Waals surface area contributed by atoms with Gasteiger partial charge in [0.2, 0.25) is 0 Å². The Morgan fingerprint density at radius 3 is 2.81 bits per heavy atom. The molecule has 0 aliphatic carbocycles. The van der Waals surface area contributed by atoms with Crippen molar-refractivity contribution in [2.24, 2.45) is 7.05 Å². The van der Waals surface area contributed by atoms with Gasteiger partial charge in [-0.05, 0) is 46.6 Å². The SMILES string of the molecule is CNC(c1csc(I)c1)c1c(Cl)cnn1C. The van der Waals surface area contributed by atoms with Gasteiger partial charge in [-0.25, -0.2) is 0 Å². The number of rotatable bonds is 3. The van der Waals surface area contributed by atoms with Crippen LogP contribution >= 0.6 is 45.5 Å². The van der Waals surface area contributed by atoms with Gasteiger partial charge in [-0.2, -0.15) is 5.10 Å². The maximum atomic E-state index is 6.15. The quantitative estimate of drug-likeness (QED) is 0.845. The summed E-state index contributed by atoms with van der Waals surface area (Å²) in [6, 6.07) is 2.26. The van der Waals surface area contributed by atoms with Crippen molar-refractivity contribution in [3.63, 3.8) is 0 Å². The third-order valence-electron chi connectivity index (χ3n) is 2.42. The van der Waals surface area contributed by atoms with Crippen LogP contribution in [0.2, 0.25) is 5.02 Å². The molecule has 2 rings (SSSR count). The number of aromatic nitrogens is 2. The summed E-state index contributed by atoms with van der Waals surface area (Å²) in [4.78, 5) is 0. The highest BCUT2D eigenvalue weighted by atomic mass is 127. The average Bonchev–Trinajstić information content (AvgIpc) is 2.80. The van der Waals surface area contributed by atoms with Gasteiger partial charge < -0.3 is 5.32 Å². The Labute approximate surface area is 117 Å². The van der Waals surface area contributed by atoms with E-state index in [1.807, 2.05) is 18.8 Å². The van der Waals surface area contributed by atoms with Crippen molar-refractivity contribution in [2.45, 2.75) is 6.04 Å². The molecule has 1 unspecified atom stereocenters. The molecular formula is C10H11ClIN3S. The predicted molar refractivity (Wildman–Crippen MR) is 76.2 cm³/mol. The van der Waals surface area contributed by atoms with Crippen molar-refractivity contribution >= 4 is 45.5 Å². The van der Waals surface area contributed by atoms with Crippen LogP contribution < -0.4 is 5.32 Å². The van der Waals surface area contributed by atoms with Gasteiger partial charge in [-0.3, -0.25) is 4.68 Å². The molecule has 0 aliphatic heterocycles. The lowest BCUT2D eigenvalue weighted by molar-refractivity contribution is 0.607. The van der Waals surface area contributed by atoms with Crippen molar-refractivity contribution in [1.29, 1.82) is 0 Å². The van der Waals surface area contributed by atoms with E-state index < -0.39 is 0 Å². The van der Waals surface area contributed by atoms with E-state index in [-0.39, 0.29) is 6.04 Å². The van der Waals surface area contributed by atoms with E-state index in [9.17, 15) is 0 Å². The van der Waals surface area contributed by atoms with Crippen LogP contribution in [-0.2, 0) is 7.05 Å². The fourth-order valence-corrected chi connectivity index (χ4v) is 3.35. The van der Waals surface area contributed by atoms with E-state index in [2.05, 4.69) is 44.5 Å². The standard InChI is InChI=1S/C10H11ClIN3S/c1-13-9(6-3-8(12)16-5-6)10-7(11)4-14-15(10)2/h3-5,9,13H,1-2H3. The van der Waals surface area contributed by atoms with Gasteiger partial charge in [0.1, 0.15) is 0 Å². The molecular weight excluding hydrogens is 357 g/mol. The van der Waals surface area contributed by atoms with E-state index in [0.29, 0.717) is 5.02 Å². The summed E-state index contributed by atoms with van der Waals surface area (Å²) in [7, 11) is 3.83. The molecule has 86 valence electrons. The van der Waals surface area contributed by atoms with Crippen molar-refractivity contribution in [2.75, 3.05) is 7.05 Å². The summed E-state index contributed by atoms with van der Waals surface area (Å²) in [5.41, 5.74) is 2.22. The molecule has 0 aromatic carbocycles. The van der Waals surface area contributed by atoms with Gasteiger partial charge in [-0.15, -0.1) is 11.3 Å². The van der Waals surface area contributed by atoms with Gasteiger partial charge in [0.15, 0.2) is 0 Å².